The Morgan fingerprint density at radius 3 is 1.73 bits per heavy atom. The molecule has 4 nitrogen and oxygen atoms in total. The van der Waals surface area contributed by atoms with Gasteiger partial charge in [-0.25, -0.2) is 4.98 Å². The van der Waals surface area contributed by atoms with Gasteiger partial charge in [0.25, 0.3) is 0 Å². The Hall–Kier alpha value is -6.35. The van der Waals surface area contributed by atoms with Crippen LogP contribution in [0.25, 0.3) is 83.9 Å². The van der Waals surface area contributed by atoms with Gasteiger partial charge in [0.15, 0.2) is 0 Å². The van der Waals surface area contributed by atoms with Gasteiger partial charge in [-0.3, -0.25) is 9.55 Å². The topological polar surface area (TPSA) is 50.9 Å². The van der Waals surface area contributed by atoms with Crippen molar-refractivity contribution < 1.29 is 26.2 Å². The minimum atomic E-state index is -0.323. The van der Waals surface area contributed by atoms with Crippen LogP contribution in [0.15, 0.2) is 164 Å². The number of aromatic hydroxyl groups is 1. The number of aryl methyl sites for hydroxylation is 1. The second-order valence-electron chi connectivity index (χ2n) is 20.6. The molecule has 66 heavy (non-hydrogen) atoms. The molecule has 0 aliphatic rings. The third-order valence-corrected chi connectivity index (χ3v) is 12.5. The number of para-hydroxylation sites is 1. The fraction of sp³-hybridized carbons (Fsp3) is 0.213. The fourth-order valence-electron chi connectivity index (χ4n) is 8.83. The summed E-state index contributed by atoms with van der Waals surface area (Å²) in [5.74, 6) is 0.927. The molecule has 334 valence electrons. The summed E-state index contributed by atoms with van der Waals surface area (Å²) in [6, 6.07) is 59.8. The van der Waals surface area contributed by atoms with Crippen LogP contribution in [0.5, 0.6) is 5.75 Å². The zero-order valence-electron chi connectivity index (χ0n) is 39.7. The molecule has 0 saturated carbocycles. The van der Waals surface area contributed by atoms with Crippen molar-refractivity contribution in [3.05, 3.63) is 192 Å². The standard InChI is InChI=1S/C61H58N3O.Pt/c1-39-30-44(40-18-13-11-14-19-40)35-50(31-39)64-55-23-17-22-51(56(55)63-58(64)52-37-49(60(5,6)7)38-53(57(52)65)61(8,9)10)46-32-45(41-20-15-12-16-21-41)33-47(34-46)54-36-43(28-29-62-54)42-24-26-48(27-25-42)59(2,3)4;/h11-33,35-38,65H,1-10H3;/q-1;. The van der Waals surface area contributed by atoms with Crippen molar-refractivity contribution in [2.24, 2.45) is 0 Å². The molecule has 0 radical (unpaired) electrons. The summed E-state index contributed by atoms with van der Waals surface area (Å²) >= 11 is 0. The first-order chi connectivity index (χ1) is 30.9. The number of nitrogens with zero attached hydrogens (tertiary/aromatic N) is 3. The van der Waals surface area contributed by atoms with E-state index in [0.717, 1.165) is 89.2 Å². The Morgan fingerprint density at radius 1 is 0.500 bits per heavy atom. The zero-order chi connectivity index (χ0) is 45.8. The van der Waals surface area contributed by atoms with Crippen LogP contribution in [0.3, 0.4) is 0 Å². The number of rotatable bonds is 7. The van der Waals surface area contributed by atoms with E-state index in [1.165, 1.54) is 5.56 Å². The van der Waals surface area contributed by atoms with Gasteiger partial charge in [-0.1, -0.05) is 194 Å². The van der Waals surface area contributed by atoms with Crippen molar-refractivity contribution in [2.75, 3.05) is 0 Å². The van der Waals surface area contributed by atoms with Crippen molar-refractivity contribution in [2.45, 2.75) is 85.5 Å². The molecule has 2 aromatic heterocycles. The Balaban J connectivity index is 0.00000592. The number of phenolic OH excluding ortho intramolecular Hbond substituents is 1. The van der Waals surface area contributed by atoms with Crippen molar-refractivity contribution in [3.8, 4) is 78.6 Å². The predicted octanol–water partition coefficient (Wildman–Crippen LogP) is 16.1. The van der Waals surface area contributed by atoms with E-state index in [0.29, 0.717) is 11.4 Å². The Labute approximate surface area is 405 Å². The van der Waals surface area contributed by atoms with E-state index < -0.39 is 0 Å². The van der Waals surface area contributed by atoms with Gasteiger partial charge >= 0.3 is 0 Å². The molecule has 5 heteroatoms. The van der Waals surface area contributed by atoms with Crippen LogP contribution in [0.1, 0.15) is 84.6 Å². The van der Waals surface area contributed by atoms with Crippen LogP contribution in [-0.2, 0) is 37.3 Å². The monoisotopic (exact) mass is 1040 g/mol. The molecule has 1 N–H and O–H groups in total. The average Bonchev–Trinajstić information content (AvgIpc) is 3.68. The third-order valence-electron chi connectivity index (χ3n) is 12.5. The molecule has 0 saturated heterocycles. The molecular weight excluding hydrogens is 986 g/mol. The minimum absolute atomic E-state index is 0. The maximum atomic E-state index is 12.5. The zero-order valence-corrected chi connectivity index (χ0v) is 42.0. The van der Waals surface area contributed by atoms with E-state index in [-0.39, 0.29) is 43.1 Å². The summed E-state index contributed by atoms with van der Waals surface area (Å²) in [7, 11) is 0. The number of fused-ring (bicyclic) bond motifs is 1. The van der Waals surface area contributed by atoms with Gasteiger partial charge in [-0.15, -0.1) is 23.8 Å². The first-order valence-electron chi connectivity index (χ1n) is 22.7. The first kappa shape index (κ1) is 46.2. The second-order valence-corrected chi connectivity index (χ2v) is 20.6. The van der Waals surface area contributed by atoms with Crippen molar-refractivity contribution in [1.29, 1.82) is 0 Å². The van der Waals surface area contributed by atoms with Crippen LogP contribution < -0.4 is 0 Å². The molecule has 9 aromatic rings. The van der Waals surface area contributed by atoms with Crippen molar-refractivity contribution in [1.82, 2.24) is 14.5 Å². The Morgan fingerprint density at radius 2 is 1.11 bits per heavy atom. The summed E-state index contributed by atoms with van der Waals surface area (Å²) in [6.07, 6.45) is 1.90. The van der Waals surface area contributed by atoms with Gasteiger partial charge in [0, 0.05) is 44.2 Å². The quantitative estimate of drug-likeness (QED) is 0.162. The molecular formula is C61H58N3OPt-. The Kier molecular flexibility index (Phi) is 12.5. The number of imidazole rings is 1. The van der Waals surface area contributed by atoms with E-state index in [9.17, 15) is 5.11 Å². The van der Waals surface area contributed by atoms with Gasteiger partial charge in [0.2, 0.25) is 0 Å². The third kappa shape index (κ3) is 9.22. The molecule has 0 amide bonds. The van der Waals surface area contributed by atoms with Gasteiger partial charge in [0.1, 0.15) is 11.6 Å². The van der Waals surface area contributed by atoms with Gasteiger partial charge in [-0.05, 0) is 98.0 Å². The van der Waals surface area contributed by atoms with E-state index in [1.54, 1.807) is 0 Å². The molecule has 0 aliphatic carbocycles. The van der Waals surface area contributed by atoms with Crippen LogP contribution in [0, 0.1) is 13.0 Å². The number of hydrogen-bond donors (Lipinski definition) is 1. The van der Waals surface area contributed by atoms with Crippen LogP contribution in [0.4, 0.5) is 0 Å². The van der Waals surface area contributed by atoms with Gasteiger partial charge in [-0.2, -0.15) is 0 Å². The molecule has 7 aromatic carbocycles. The minimum Gasteiger partial charge on any atom is -0.507 e. The first-order valence-corrected chi connectivity index (χ1v) is 22.7. The number of aromatic nitrogens is 3. The second kappa shape index (κ2) is 17.8. The van der Waals surface area contributed by atoms with Crippen LogP contribution >= 0.6 is 0 Å². The largest absolute Gasteiger partial charge is 0.507 e. The summed E-state index contributed by atoms with van der Waals surface area (Å²) < 4.78 is 2.24. The van der Waals surface area contributed by atoms with Gasteiger partial charge in [0.05, 0.1) is 16.6 Å². The smallest absolute Gasteiger partial charge is 0.148 e. The summed E-state index contributed by atoms with van der Waals surface area (Å²) in [5.41, 5.74) is 17.7. The maximum Gasteiger partial charge on any atom is 0.148 e. The summed E-state index contributed by atoms with van der Waals surface area (Å²) in [5, 5.41) is 12.5. The normalized spacial score (nSPS) is 12.0. The fourth-order valence-corrected chi connectivity index (χ4v) is 8.83. The van der Waals surface area contributed by atoms with E-state index >= 15 is 0 Å². The number of pyridine rings is 1. The molecule has 2 heterocycles. The molecule has 0 fully saturated rings. The van der Waals surface area contributed by atoms with Crippen LogP contribution in [-0.4, -0.2) is 19.6 Å². The van der Waals surface area contributed by atoms with Crippen LogP contribution in [0.2, 0.25) is 0 Å². The Bertz CT molecular complexity index is 3200. The van der Waals surface area contributed by atoms with E-state index in [1.807, 2.05) is 6.20 Å². The van der Waals surface area contributed by atoms with E-state index in [2.05, 4.69) is 238 Å². The molecule has 0 aliphatic heterocycles. The molecule has 0 bridgehead atoms. The summed E-state index contributed by atoms with van der Waals surface area (Å²) in [6.45, 7) is 22.0. The van der Waals surface area contributed by atoms with Crippen molar-refractivity contribution in [3.63, 3.8) is 0 Å². The van der Waals surface area contributed by atoms with Gasteiger partial charge < -0.3 is 5.11 Å². The SMILES string of the molecule is Cc1cc(-c2ccccc2)cc(-n2c(-c3cc(C(C)(C)C)cc(C(C)(C)C)c3O)nc3c(-c4[c-]c(-c5cc(-c6ccc(C(C)(C)C)cc6)ccn5)cc(-c5ccccc5)c4)cccc32)c1.[Pt]. The summed E-state index contributed by atoms with van der Waals surface area (Å²) in [4.78, 5) is 10.6. The van der Waals surface area contributed by atoms with Crippen molar-refractivity contribution >= 4 is 11.0 Å². The molecule has 0 spiro atoms. The number of hydrogen-bond acceptors (Lipinski definition) is 3. The average molecular weight is 1040 g/mol. The predicted molar refractivity (Wildman–Crippen MR) is 273 cm³/mol. The number of benzene rings is 7. The number of phenols is 1. The molecule has 0 atom stereocenters. The molecule has 0 unspecified atom stereocenters. The van der Waals surface area contributed by atoms with E-state index in [4.69, 9.17) is 9.97 Å². The molecule has 9 rings (SSSR count). The maximum absolute atomic E-state index is 12.5.